The van der Waals surface area contributed by atoms with Gasteiger partial charge in [-0.15, -0.1) is 0 Å². The number of rotatable bonds is 9. The van der Waals surface area contributed by atoms with Crippen molar-refractivity contribution in [3.63, 3.8) is 0 Å². The van der Waals surface area contributed by atoms with E-state index < -0.39 is 15.6 Å². The Bertz CT molecular complexity index is 1210. The molecular weight excluding hydrogens is 428 g/mol. The van der Waals surface area contributed by atoms with Gasteiger partial charge in [-0.3, -0.25) is 0 Å². The molecule has 0 unspecified atom stereocenters. The molecule has 0 aliphatic rings. The molecular formula is C28H28N2O2S. The van der Waals surface area contributed by atoms with Gasteiger partial charge in [0.1, 0.15) is 0 Å². The standard InChI is InChI=1S/C28H28N2O2S/c1-28(25-18-10-4-11-19-25,30-33(31,32)26-20-12-5-13-21-26)22-29-27(23-14-6-2-7-15-23)24-16-8-3-9-17-24/h2-21,27,29-30H,22H2,1H3/t28-/m0/s1. The Kier molecular flexibility index (Phi) is 7.04. The van der Waals surface area contributed by atoms with E-state index in [1.54, 1.807) is 30.3 Å². The van der Waals surface area contributed by atoms with Crippen LogP contribution in [0.2, 0.25) is 0 Å². The van der Waals surface area contributed by atoms with E-state index in [1.807, 2.05) is 73.7 Å². The van der Waals surface area contributed by atoms with Crippen molar-refractivity contribution in [2.45, 2.75) is 23.4 Å². The number of benzene rings is 4. The van der Waals surface area contributed by atoms with E-state index in [1.165, 1.54) is 0 Å². The van der Waals surface area contributed by atoms with E-state index in [4.69, 9.17) is 0 Å². The second-order valence-electron chi connectivity index (χ2n) is 8.25. The van der Waals surface area contributed by atoms with Crippen LogP contribution in [-0.4, -0.2) is 15.0 Å². The highest BCUT2D eigenvalue weighted by Gasteiger charge is 2.33. The van der Waals surface area contributed by atoms with E-state index in [9.17, 15) is 8.42 Å². The lowest BCUT2D eigenvalue weighted by Crippen LogP contribution is -2.50. The molecule has 0 heterocycles. The van der Waals surface area contributed by atoms with Crippen LogP contribution in [0.15, 0.2) is 126 Å². The molecule has 4 rings (SSSR count). The second-order valence-corrected chi connectivity index (χ2v) is 9.93. The summed E-state index contributed by atoms with van der Waals surface area (Å²) in [6.45, 7) is 2.31. The monoisotopic (exact) mass is 456 g/mol. The minimum absolute atomic E-state index is 0.0864. The zero-order chi connectivity index (χ0) is 23.2. The van der Waals surface area contributed by atoms with Crippen molar-refractivity contribution >= 4 is 10.0 Å². The van der Waals surface area contributed by atoms with Crippen molar-refractivity contribution in [1.29, 1.82) is 0 Å². The zero-order valence-corrected chi connectivity index (χ0v) is 19.4. The fraction of sp³-hybridized carbons (Fsp3) is 0.143. The van der Waals surface area contributed by atoms with Gasteiger partial charge in [0.15, 0.2) is 0 Å². The first-order chi connectivity index (χ1) is 16.0. The first-order valence-corrected chi connectivity index (χ1v) is 12.4. The summed E-state index contributed by atoms with van der Waals surface area (Å²) < 4.78 is 29.5. The summed E-state index contributed by atoms with van der Waals surface area (Å²) in [6.07, 6.45) is 0. The Balaban J connectivity index is 1.68. The van der Waals surface area contributed by atoms with Crippen molar-refractivity contribution in [3.05, 3.63) is 138 Å². The van der Waals surface area contributed by atoms with E-state index >= 15 is 0 Å². The first kappa shape index (κ1) is 22.9. The predicted molar refractivity (Wildman–Crippen MR) is 133 cm³/mol. The molecule has 0 radical (unpaired) electrons. The van der Waals surface area contributed by atoms with E-state index in [2.05, 4.69) is 34.3 Å². The van der Waals surface area contributed by atoms with Gasteiger partial charge in [0.05, 0.1) is 16.5 Å². The highest BCUT2D eigenvalue weighted by atomic mass is 32.2. The van der Waals surface area contributed by atoms with Crippen LogP contribution in [0.4, 0.5) is 0 Å². The van der Waals surface area contributed by atoms with Gasteiger partial charge in [0, 0.05) is 6.54 Å². The van der Waals surface area contributed by atoms with Crippen LogP contribution >= 0.6 is 0 Å². The average Bonchev–Trinajstić information content (AvgIpc) is 2.86. The summed E-state index contributed by atoms with van der Waals surface area (Å²) in [7, 11) is -3.73. The summed E-state index contributed by atoms with van der Waals surface area (Å²) in [4.78, 5) is 0.245. The SMILES string of the molecule is C[C@@](CNC(c1ccccc1)c1ccccc1)(NS(=O)(=O)c1ccccc1)c1ccccc1. The lowest BCUT2D eigenvalue weighted by Gasteiger charge is -2.33. The second kappa shape index (κ2) is 10.1. The lowest BCUT2D eigenvalue weighted by molar-refractivity contribution is 0.385. The molecule has 2 N–H and O–H groups in total. The fourth-order valence-electron chi connectivity index (χ4n) is 3.98. The Morgan fingerprint density at radius 3 is 1.58 bits per heavy atom. The smallest absolute Gasteiger partial charge is 0.241 e. The van der Waals surface area contributed by atoms with Crippen LogP contribution in [0.1, 0.15) is 29.7 Å². The normalized spacial score (nSPS) is 13.5. The molecule has 0 amide bonds. The molecule has 0 saturated heterocycles. The summed E-state index contributed by atoms with van der Waals surface area (Å²) in [5.41, 5.74) is 2.24. The van der Waals surface area contributed by atoms with E-state index in [0.717, 1.165) is 16.7 Å². The minimum atomic E-state index is -3.73. The molecule has 0 bridgehead atoms. The molecule has 4 nitrogen and oxygen atoms in total. The maximum absolute atomic E-state index is 13.3. The van der Waals surface area contributed by atoms with Crippen molar-refractivity contribution in [2.24, 2.45) is 0 Å². The van der Waals surface area contributed by atoms with Crippen molar-refractivity contribution in [2.75, 3.05) is 6.54 Å². The average molecular weight is 457 g/mol. The molecule has 4 aromatic carbocycles. The van der Waals surface area contributed by atoms with Gasteiger partial charge in [-0.1, -0.05) is 109 Å². The van der Waals surface area contributed by atoms with Gasteiger partial charge in [0.25, 0.3) is 0 Å². The molecule has 0 fully saturated rings. The highest BCUT2D eigenvalue weighted by Crippen LogP contribution is 2.27. The summed E-state index contributed by atoms with van der Waals surface area (Å²) >= 11 is 0. The Morgan fingerprint density at radius 1 is 0.667 bits per heavy atom. The maximum atomic E-state index is 13.3. The van der Waals surface area contributed by atoms with Gasteiger partial charge in [0.2, 0.25) is 10.0 Å². The quantitative estimate of drug-likeness (QED) is 0.361. The molecule has 0 aliphatic carbocycles. The van der Waals surface area contributed by atoms with E-state index in [0.29, 0.717) is 6.54 Å². The van der Waals surface area contributed by atoms with Crippen molar-refractivity contribution in [3.8, 4) is 0 Å². The Morgan fingerprint density at radius 2 is 1.09 bits per heavy atom. The summed E-state index contributed by atoms with van der Waals surface area (Å²) in [5.74, 6) is 0. The topological polar surface area (TPSA) is 58.2 Å². The number of nitrogens with one attached hydrogen (secondary N) is 2. The van der Waals surface area contributed by atoms with Crippen LogP contribution in [0.5, 0.6) is 0 Å². The Labute approximate surface area is 196 Å². The molecule has 33 heavy (non-hydrogen) atoms. The van der Waals surface area contributed by atoms with Crippen molar-refractivity contribution < 1.29 is 8.42 Å². The van der Waals surface area contributed by atoms with Crippen LogP contribution in [-0.2, 0) is 15.6 Å². The Hall–Kier alpha value is -3.25. The van der Waals surface area contributed by atoms with Crippen LogP contribution < -0.4 is 10.0 Å². The zero-order valence-electron chi connectivity index (χ0n) is 18.6. The van der Waals surface area contributed by atoms with Gasteiger partial charge in [-0.05, 0) is 35.7 Å². The molecule has 5 heteroatoms. The highest BCUT2D eigenvalue weighted by molar-refractivity contribution is 7.89. The van der Waals surface area contributed by atoms with Crippen LogP contribution in [0, 0.1) is 0 Å². The van der Waals surface area contributed by atoms with Crippen LogP contribution in [0.3, 0.4) is 0 Å². The molecule has 0 aliphatic heterocycles. The third kappa shape index (κ3) is 5.57. The molecule has 1 atom stereocenters. The molecule has 4 aromatic rings. The molecule has 168 valence electrons. The minimum Gasteiger partial charge on any atom is -0.304 e. The summed E-state index contributed by atoms with van der Waals surface area (Å²) in [5, 5.41) is 3.64. The molecule has 0 saturated carbocycles. The predicted octanol–water partition coefficient (Wildman–Crippen LogP) is 5.26. The van der Waals surface area contributed by atoms with Gasteiger partial charge in [-0.2, -0.15) is 4.72 Å². The third-order valence-electron chi connectivity index (χ3n) is 5.75. The van der Waals surface area contributed by atoms with Gasteiger partial charge < -0.3 is 5.32 Å². The van der Waals surface area contributed by atoms with Crippen molar-refractivity contribution in [1.82, 2.24) is 10.0 Å². The van der Waals surface area contributed by atoms with Crippen LogP contribution in [0.25, 0.3) is 0 Å². The van der Waals surface area contributed by atoms with E-state index in [-0.39, 0.29) is 10.9 Å². The fourth-order valence-corrected chi connectivity index (χ4v) is 5.40. The largest absolute Gasteiger partial charge is 0.304 e. The number of hydrogen-bond donors (Lipinski definition) is 2. The number of hydrogen-bond acceptors (Lipinski definition) is 3. The third-order valence-corrected chi connectivity index (χ3v) is 7.36. The molecule has 0 aromatic heterocycles. The first-order valence-electron chi connectivity index (χ1n) is 11.0. The van der Waals surface area contributed by atoms with Gasteiger partial charge >= 0.3 is 0 Å². The molecule has 0 spiro atoms. The summed E-state index contributed by atoms with van der Waals surface area (Å²) in [6, 6.07) is 38.5. The number of sulfonamides is 1. The van der Waals surface area contributed by atoms with Gasteiger partial charge in [-0.25, -0.2) is 8.42 Å². The lowest BCUT2D eigenvalue weighted by atomic mass is 9.91. The maximum Gasteiger partial charge on any atom is 0.241 e.